The number of nitrogens with zero attached hydrogens (tertiary/aromatic N) is 1. The molecule has 258 valence electrons. The summed E-state index contributed by atoms with van der Waals surface area (Å²) < 4.78 is 54.3. The molecule has 2 saturated heterocycles. The molecule has 22 heteroatoms. The van der Waals surface area contributed by atoms with Crippen LogP contribution in [0.5, 0.6) is 0 Å². The zero-order chi connectivity index (χ0) is 34.3. The average molecular weight is 717 g/mol. The van der Waals surface area contributed by atoms with E-state index in [2.05, 4.69) is 26.8 Å². The maximum atomic E-state index is 12.4. The van der Waals surface area contributed by atoms with Gasteiger partial charge in [-0.15, -0.1) is 0 Å². The van der Waals surface area contributed by atoms with Gasteiger partial charge in [0, 0.05) is 12.3 Å². The van der Waals surface area contributed by atoms with Gasteiger partial charge in [-0.25, -0.2) is 9.13 Å². The molecule has 2 amide bonds. The topological polar surface area (TPSA) is 281 Å². The number of carbonyl (C=O) groups is 2. The summed E-state index contributed by atoms with van der Waals surface area (Å²) in [5.74, 6) is -1.45. The van der Waals surface area contributed by atoms with E-state index < -0.39 is 95.4 Å². The summed E-state index contributed by atoms with van der Waals surface area (Å²) in [5.41, 5.74) is 3.25. The quantitative estimate of drug-likeness (QED) is 0.0423. The molecule has 3 rings (SSSR count). The number of hydrogen-bond acceptors (Lipinski definition) is 16. The average Bonchev–Trinajstić information content (AvgIpc) is 3.13. The molecule has 46 heavy (non-hydrogen) atoms. The number of allylic oxidation sites excluding steroid dienone is 1. The molecule has 0 aliphatic carbocycles. The third-order valence-corrected chi connectivity index (χ3v) is 10.0. The van der Waals surface area contributed by atoms with E-state index in [-0.39, 0.29) is 25.9 Å². The van der Waals surface area contributed by atoms with Gasteiger partial charge in [0.2, 0.25) is 5.91 Å². The van der Waals surface area contributed by atoms with E-state index in [1.54, 1.807) is 0 Å². The van der Waals surface area contributed by atoms with E-state index in [0.717, 1.165) is 17.2 Å². The zero-order valence-electron chi connectivity index (χ0n) is 24.3. The summed E-state index contributed by atoms with van der Waals surface area (Å²) in [5, 5.41) is 53.6. The number of phosphoric ester groups is 2. The van der Waals surface area contributed by atoms with Gasteiger partial charge in [0.05, 0.1) is 13.2 Å². The van der Waals surface area contributed by atoms with Crippen LogP contribution in [0.15, 0.2) is 30.7 Å². The molecule has 0 saturated carbocycles. The van der Waals surface area contributed by atoms with Crippen LogP contribution in [-0.2, 0) is 46.1 Å². The Morgan fingerprint density at radius 1 is 1.20 bits per heavy atom. The number of nitrogens with one attached hydrogen (secondary N) is 1. The summed E-state index contributed by atoms with van der Waals surface area (Å²) in [6, 6.07) is 0. The number of hydrogen-bond donors (Lipinski definition) is 8. The molecule has 8 N–H and O–H groups in total. The molecule has 0 aromatic heterocycles. The first-order valence-electron chi connectivity index (χ1n) is 13.6. The predicted octanol–water partition coefficient (Wildman–Crippen LogP) is -1.30. The van der Waals surface area contributed by atoms with Gasteiger partial charge in [0.15, 0.2) is 6.23 Å². The van der Waals surface area contributed by atoms with Crippen molar-refractivity contribution >= 4 is 35.7 Å². The fourth-order valence-corrected chi connectivity index (χ4v) is 7.05. The Morgan fingerprint density at radius 2 is 1.89 bits per heavy atom. The van der Waals surface area contributed by atoms with Crippen LogP contribution in [0, 0.1) is 5.63 Å². The Kier molecular flexibility index (Phi) is 14.0. The molecule has 0 spiro atoms. The Balaban J connectivity index is 1.44. The van der Waals surface area contributed by atoms with Crippen molar-refractivity contribution in [1.29, 1.82) is 0 Å². The third-order valence-electron chi connectivity index (χ3n) is 6.88. The normalized spacial score (nSPS) is 33.3. The van der Waals surface area contributed by atoms with Crippen LogP contribution in [0.2, 0.25) is 0 Å². The summed E-state index contributed by atoms with van der Waals surface area (Å²) >= 11 is 0. The van der Waals surface area contributed by atoms with Gasteiger partial charge in [-0.1, -0.05) is 0 Å². The van der Waals surface area contributed by atoms with Gasteiger partial charge >= 0.3 is 140 Å². The minimum atomic E-state index is -5.45. The number of aliphatic hydroxyl groups is 5. The first-order valence-corrected chi connectivity index (χ1v) is 17.4. The molecule has 19 nitrogen and oxygen atoms in total. The summed E-state index contributed by atoms with van der Waals surface area (Å²) in [4.78, 5) is 44.4. The van der Waals surface area contributed by atoms with Crippen molar-refractivity contribution in [3.8, 4) is 5.63 Å². The Morgan fingerprint density at radius 3 is 2.57 bits per heavy atom. The van der Waals surface area contributed by atoms with Crippen molar-refractivity contribution in [2.45, 2.75) is 80.9 Å². The molecule has 0 bridgehead atoms. The van der Waals surface area contributed by atoms with E-state index in [1.807, 2.05) is 5.32 Å². The van der Waals surface area contributed by atoms with Gasteiger partial charge in [0.25, 0.3) is 5.91 Å². The number of phosphoric acid groups is 2. The first kappa shape index (κ1) is 38.8. The minimum absolute atomic E-state index is 0.0150. The van der Waals surface area contributed by atoms with Gasteiger partial charge in [-0.05, 0) is 0 Å². The molecular weight excluding hydrogens is 681 g/mol. The Bertz CT molecular complexity index is 1340. The summed E-state index contributed by atoms with van der Waals surface area (Å²) in [6.07, 6.45) is -7.87. The van der Waals surface area contributed by atoms with E-state index >= 15 is 0 Å². The van der Waals surface area contributed by atoms with Crippen molar-refractivity contribution in [1.82, 2.24) is 10.2 Å². The van der Waals surface area contributed by atoms with Crippen LogP contribution < -0.4 is 5.32 Å². The molecule has 3 aliphatic heterocycles. The molecule has 0 radical (unpaired) electrons. The van der Waals surface area contributed by atoms with Crippen molar-refractivity contribution in [3.05, 3.63) is 30.7 Å². The predicted molar refractivity (Wildman–Crippen MR) is 153 cm³/mol. The molecule has 11 unspecified atom stereocenters. The first-order chi connectivity index (χ1) is 21.5. The number of amides is 2. The van der Waals surface area contributed by atoms with Crippen LogP contribution >= 0.6 is 23.9 Å². The summed E-state index contributed by atoms with van der Waals surface area (Å²) in [7, 11) is -10.5. The Labute approximate surface area is 264 Å². The number of imide groups is 1. The van der Waals surface area contributed by atoms with Crippen LogP contribution in [0.3, 0.4) is 0 Å². The second-order valence-electron chi connectivity index (χ2n) is 10.5. The van der Waals surface area contributed by atoms with E-state index in [1.165, 1.54) is 13.0 Å². The van der Waals surface area contributed by atoms with Crippen molar-refractivity contribution in [3.63, 3.8) is 0 Å². The van der Waals surface area contributed by atoms with Gasteiger partial charge in [-0.2, -0.15) is 4.31 Å². The Hall–Kier alpha value is -1.65. The molecule has 11 atom stereocenters. The summed E-state index contributed by atoms with van der Waals surface area (Å²) in [6.45, 7) is 3.27. The zero-order valence-corrected chi connectivity index (χ0v) is 27.0. The number of aliphatic hydroxyl groups excluding tert-OH is 4. The van der Waals surface area contributed by atoms with Gasteiger partial charge < -0.3 is 29.6 Å². The fraction of sp³-hybridized carbons (Fsp3) is 0.667. The van der Waals surface area contributed by atoms with E-state index in [0.29, 0.717) is 8.26 Å². The van der Waals surface area contributed by atoms with Crippen molar-refractivity contribution < 1.29 is 81.4 Å². The van der Waals surface area contributed by atoms with Crippen LogP contribution in [0.1, 0.15) is 26.2 Å². The van der Waals surface area contributed by atoms with Gasteiger partial charge in [-0.3, -0.25) is 19.4 Å². The molecule has 2 fully saturated rings. The second kappa shape index (κ2) is 16.6. The number of rotatable bonds is 15. The maximum absolute atomic E-state index is 12.4. The van der Waals surface area contributed by atoms with E-state index in [4.69, 9.17) is 18.5 Å². The third kappa shape index (κ3) is 10.9. The standard InChI is InChI=1S/C24H35N2O17P3/c1-3-4-11-44-38-10-8-15(28)14(27)5-6-17-24(2,33)23(41-17)42-46(36,37)43-45(34,35)39-13-16-20(31)21(32)22(40-16)26-9-7-18(29)25-19(30)12-26/h4,7,9,14-17,20-23,27-28,31-33H,1,5-6,8,10,12-13H2,2H3,(H2-,25,29,30,34,35,36,37)/p+1. The van der Waals surface area contributed by atoms with Crippen LogP contribution in [-0.4, -0.2) is 127 Å². The molecule has 0 aromatic rings. The molecule has 3 aliphatic rings. The number of ether oxygens (including phenoxy) is 2. The number of carbonyl (C=O) groups excluding carboxylic acids is 2. The monoisotopic (exact) mass is 717 g/mol. The molecule has 0 aromatic carbocycles. The molecular formula is C24H36N2O17P3+. The van der Waals surface area contributed by atoms with Gasteiger partial charge in [0.1, 0.15) is 18.3 Å². The van der Waals surface area contributed by atoms with Crippen molar-refractivity contribution in [2.24, 2.45) is 0 Å². The van der Waals surface area contributed by atoms with Crippen LogP contribution in [0.4, 0.5) is 0 Å². The van der Waals surface area contributed by atoms with Crippen LogP contribution in [0.25, 0.3) is 0 Å². The van der Waals surface area contributed by atoms with E-state index in [9.17, 15) is 54.0 Å². The second-order valence-corrected chi connectivity index (χ2v) is 14.1. The SMILES string of the molecule is C=C=CC#[P+]OCCC(O)C(O)CCC1OC(OP(=O)(O)OP(=O)(O)OCC2OC(N3C=CC(=O)NC(=O)C3)C(O)C2O)C1(C)O. The fourth-order valence-electron chi connectivity index (χ4n) is 4.41. The van der Waals surface area contributed by atoms with Crippen molar-refractivity contribution in [2.75, 3.05) is 19.8 Å². The molecule has 3 heterocycles.